The maximum Gasteiger partial charge on any atom is 0.227 e. The number of carbonyl (C=O) groups excluding carboxylic acids is 1. The van der Waals surface area contributed by atoms with E-state index in [9.17, 15) is 4.79 Å². The lowest BCUT2D eigenvalue weighted by Crippen LogP contribution is -2.30. The molecule has 0 saturated heterocycles. The highest BCUT2D eigenvalue weighted by atomic mass is 79.9. The fraction of sp³-hybridized carbons (Fsp3) is 0.308. The molecule has 0 radical (unpaired) electrons. The van der Waals surface area contributed by atoms with E-state index in [1.165, 1.54) is 0 Å². The Kier molecular flexibility index (Phi) is 3.97. The van der Waals surface area contributed by atoms with E-state index >= 15 is 0 Å². The van der Waals surface area contributed by atoms with Crippen LogP contribution in [-0.4, -0.2) is 11.9 Å². The zero-order valence-corrected chi connectivity index (χ0v) is 11.0. The first-order valence-corrected chi connectivity index (χ1v) is 6.40. The van der Waals surface area contributed by atoms with Crippen LogP contribution in [0.3, 0.4) is 0 Å². The standard InChI is InChI=1S/C13H15BrN2O/c14-11-4-1-9(2-5-11)8-16-13(17)10-3-6-12(15)7-10/h1-6,10,12H,7-8,15H2,(H,16,17). The maximum atomic E-state index is 11.8. The van der Waals surface area contributed by atoms with Crippen molar-refractivity contribution in [2.75, 3.05) is 0 Å². The number of nitrogens with one attached hydrogen (secondary N) is 1. The van der Waals surface area contributed by atoms with Crippen molar-refractivity contribution in [2.45, 2.75) is 19.0 Å². The highest BCUT2D eigenvalue weighted by molar-refractivity contribution is 9.10. The number of rotatable bonds is 3. The molecule has 17 heavy (non-hydrogen) atoms. The number of benzene rings is 1. The molecule has 2 unspecified atom stereocenters. The summed E-state index contributed by atoms with van der Waals surface area (Å²) in [5.74, 6) is -0.0161. The minimum absolute atomic E-state index is 0.0263. The van der Waals surface area contributed by atoms with Crippen molar-refractivity contribution in [3.8, 4) is 0 Å². The van der Waals surface area contributed by atoms with Crippen LogP contribution in [-0.2, 0) is 11.3 Å². The molecule has 3 nitrogen and oxygen atoms in total. The van der Waals surface area contributed by atoms with Crippen LogP contribution < -0.4 is 11.1 Å². The van der Waals surface area contributed by atoms with Crippen molar-refractivity contribution in [2.24, 2.45) is 11.7 Å². The molecule has 0 aliphatic heterocycles. The zero-order chi connectivity index (χ0) is 12.3. The molecule has 0 fully saturated rings. The molecule has 3 N–H and O–H groups in total. The summed E-state index contributed by atoms with van der Waals surface area (Å²) in [6.07, 6.45) is 4.50. The lowest BCUT2D eigenvalue weighted by molar-refractivity contribution is -0.123. The number of amides is 1. The molecule has 90 valence electrons. The second-order valence-corrected chi connectivity index (χ2v) is 5.15. The molecular weight excluding hydrogens is 280 g/mol. The van der Waals surface area contributed by atoms with E-state index < -0.39 is 0 Å². The van der Waals surface area contributed by atoms with Crippen molar-refractivity contribution in [1.82, 2.24) is 5.32 Å². The van der Waals surface area contributed by atoms with Gasteiger partial charge in [-0.15, -0.1) is 0 Å². The topological polar surface area (TPSA) is 55.1 Å². The van der Waals surface area contributed by atoms with Crippen LogP contribution in [0.5, 0.6) is 0 Å². The van der Waals surface area contributed by atoms with Crippen LogP contribution >= 0.6 is 15.9 Å². The van der Waals surface area contributed by atoms with Crippen molar-refractivity contribution in [3.63, 3.8) is 0 Å². The summed E-state index contributed by atoms with van der Waals surface area (Å²) >= 11 is 3.38. The van der Waals surface area contributed by atoms with E-state index in [-0.39, 0.29) is 17.9 Å². The predicted octanol–water partition coefficient (Wildman–Crippen LogP) is 1.97. The predicted molar refractivity (Wildman–Crippen MR) is 71.2 cm³/mol. The molecule has 0 spiro atoms. The fourth-order valence-electron chi connectivity index (χ4n) is 1.84. The average molecular weight is 295 g/mol. The van der Waals surface area contributed by atoms with E-state index in [4.69, 9.17) is 5.73 Å². The Bertz CT molecular complexity index is 428. The first-order chi connectivity index (χ1) is 8.15. The number of carbonyl (C=O) groups is 1. The number of halogens is 1. The van der Waals surface area contributed by atoms with Crippen LogP contribution in [0.15, 0.2) is 40.9 Å². The van der Waals surface area contributed by atoms with E-state index in [1.54, 1.807) is 0 Å². The number of hydrogen-bond acceptors (Lipinski definition) is 2. The smallest absolute Gasteiger partial charge is 0.227 e. The van der Waals surface area contributed by atoms with Gasteiger partial charge in [0, 0.05) is 17.1 Å². The summed E-state index contributed by atoms with van der Waals surface area (Å²) in [6.45, 7) is 0.561. The highest BCUT2D eigenvalue weighted by Crippen LogP contribution is 2.16. The van der Waals surface area contributed by atoms with E-state index in [2.05, 4.69) is 21.2 Å². The molecular formula is C13H15BrN2O. The van der Waals surface area contributed by atoms with Gasteiger partial charge in [0.1, 0.15) is 0 Å². The molecule has 2 atom stereocenters. The molecule has 0 bridgehead atoms. The van der Waals surface area contributed by atoms with Crippen LogP contribution in [0.2, 0.25) is 0 Å². The third-order valence-corrected chi connectivity index (χ3v) is 3.36. The molecule has 1 aromatic carbocycles. The zero-order valence-electron chi connectivity index (χ0n) is 9.40. The van der Waals surface area contributed by atoms with Crippen LogP contribution in [0.25, 0.3) is 0 Å². The van der Waals surface area contributed by atoms with Gasteiger partial charge in [-0.05, 0) is 24.1 Å². The van der Waals surface area contributed by atoms with Crippen molar-refractivity contribution < 1.29 is 4.79 Å². The molecule has 1 amide bonds. The third kappa shape index (κ3) is 3.41. The highest BCUT2D eigenvalue weighted by Gasteiger charge is 2.22. The molecule has 2 rings (SSSR count). The SMILES string of the molecule is NC1C=CC(C(=O)NCc2ccc(Br)cc2)C1. The first-order valence-electron chi connectivity index (χ1n) is 5.61. The Balaban J connectivity index is 1.84. The minimum Gasteiger partial charge on any atom is -0.352 e. The molecule has 0 saturated carbocycles. The summed E-state index contributed by atoms with van der Waals surface area (Å²) in [5.41, 5.74) is 6.81. The van der Waals surface area contributed by atoms with Gasteiger partial charge in [-0.2, -0.15) is 0 Å². The Hall–Kier alpha value is -1.13. The van der Waals surface area contributed by atoms with Gasteiger partial charge in [0.2, 0.25) is 5.91 Å². The van der Waals surface area contributed by atoms with Gasteiger partial charge < -0.3 is 11.1 Å². The summed E-state index contributed by atoms with van der Waals surface area (Å²) in [6, 6.07) is 7.93. The van der Waals surface area contributed by atoms with Crippen molar-refractivity contribution in [3.05, 3.63) is 46.5 Å². The van der Waals surface area contributed by atoms with E-state index in [1.807, 2.05) is 36.4 Å². The van der Waals surface area contributed by atoms with Gasteiger partial charge in [-0.3, -0.25) is 4.79 Å². The summed E-state index contributed by atoms with van der Waals surface area (Å²) in [7, 11) is 0. The Morgan fingerprint density at radius 1 is 1.35 bits per heavy atom. The van der Waals surface area contributed by atoms with Gasteiger partial charge in [0.05, 0.1) is 5.92 Å². The fourth-order valence-corrected chi connectivity index (χ4v) is 2.11. The molecule has 1 aliphatic rings. The second-order valence-electron chi connectivity index (χ2n) is 4.24. The van der Waals surface area contributed by atoms with E-state index in [0.717, 1.165) is 10.0 Å². The number of nitrogens with two attached hydrogens (primary N) is 1. The van der Waals surface area contributed by atoms with Crippen molar-refractivity contribution in [1.29, 1.82) is 0 Å². The minimum atomic E-state index is -0.0690. The van der Waals surface area contributed by atoms with E-state index in [0.29, 0.717) is 13.0 Å². The molecule has 1 aromatic rings. The van der Waals surface area contributed by atoms with Gasteiger partial charge in [0.25, 0.3) is 0 Å². The van der Waals surface area contributed by atoms with Gasteiger partial charge in [-0.1, -0.05) is 40.2 Å². The first kappa shape index (κ1) is 12.3. The molecule has 1 aliphatic carbocycles. The molecule has 0 heterocycles. The van der Waals surface area contributed by atoms with Crippen LogP contribution in [0.1, 0.15) is 12.0 Å². The normalized spacial score (nSPS) is 22.7. The molecule has 4 heteroatoms. The monoisotopic (exact) mass is 294 g/mol. The molecule has 0 aromatic heterocycles. The lowest BCUT2D eigenvalue weighted by atomic mass is 10.1. The van der Waals surface area contributed by atoms with Gasteiger partial charge >= 0.3 is 0 Å². The largest absolute Gasteiger partial charge is 0.352 e. The van der Waals surface area contributed by atoms with Gasteiger partial charge in [0.15, 0.2) is 0 Å². The maximum absolute atomic E-state index is 11.8. The quantitative estimate of drug-likeness (QED) is 0.838. The van der Waals surface area contributed by atoms with Crippen LogP contribution in [0.4, 0.5) is 0 Å². The summed E-state index contributed by atoms with van der Waals surface area (Å²) in [5, 5.41) is 2.92. The summed E-state index contributed by atoms with van der Waals surface area (Å²) < 4.78 is 1.04. The Morgan fingerprint density at radius 2 is 2.06 bits per heavy atom. The summed E-state index contributed by atoms with van der Waals surface area (Å²) in [4.78, 5) is 11.8. The van der Waals surface area contributed by atoms with Crippen LogP contribution in [0, 0.1) is 5.92 Å². The van der Waals surface area contributed by atoms with Gasteiger partial charge in [-0.25, -0.2) is 0 Å². The van der Waals surface area contributed by atoms with Crippen molar-refractivity contribution >= 4 is 21.8 Å². The average Bonchev–Trinajstić information content (AvgIpc) is 2.75. The lowest BCUT2D eigenvalue weighted by Gasteiger charge is -2.10. The second kappa shape index (κ2) is 5.47. The Morgan fingerprint density at radius 3 is 2.65 bits per heavy atom. The third-order valence-electron chi connectivity index (χ3n) is 2.83. The number of hydrogen-bond donors (Lipinski definition) is 2. The Labute approximate surface area is 109 Å².